The zero-order valence-electron chi connectivity index (χ0n) is 16.8. The van der Waals surface area contributed by atoms with E-state index >= 15 is 0 Å². The number of aromatic nitrogens is 4. The second-order valence-electron chi connectivity index (χ2n) is 7.73. The minimum Gasteiger partial charge on any atom is -0.406 e. The number of oxazole rings is 1. The lowest BCUT2D eigenvalue weighted by Crippen LogP contribution is -2.30. The Bertz CT molecular complexity index is 1260. The first-order valence-corrected chi connectivity index (χ1v) is 10.3. The monoisotopic (exact) mass is 415 g/mol. The van der Waals surface area contributed by atoms with Crippen molar-refractivity contribution in [3.05, 3.63) is 71.7 Å². The van der Waals surface area contributed by atoms with Gasteiger partial charge in [0.25, 0.3) is 0 Å². The molecule has 3 heterocycles. The van der Waals surface area contributed by atoms with Crippen molar-refractivity contribution in [3.63, 3.8) is 0 Å². The van der Waals surface area contributed by atoms with Crippen molar-refractivity contribution < 1.29 is 9.21 Å². The van der Waals surface area contributed by atoms with E-state index in [0.717, 1.165) is 29.6 Å². The lowest BCUT2D eigenvalue weighted by molar-refractivity contribution is -0.121. The molecule has 3 aromatic heterocycles. The number of fused-ring (bicyclic) bond motifs is 1. The number of anilines is 1. The standard InChI is InChI=1S/C23H21N5O3/c29-22(27-21-14-25-18(12-26-21)15-4-2-1-3-5-15)16-6-8-17(9-7-16)28-19-10-11-24-13-20(19)31-23(28)30/h1-5,10-14,16-17H,6-9H2,(H,26,27,29). The first-order chi connectivity index (χ1) is 15.2. The first-order valence-electron chi connectivity index (χ1n) is 10.3. The van der Waals surface area contributed by atoms with Gasteiger partial charge in [0.05, 0.1) is 29.8 Å². The zero-order valence-corrected chi connectivity index (χ0v) is 16.8. The Hall–Kier alpha value is -3.81. The fourth-order valence-electron chi connectivity index (χ4n) is 4.21. The van der Waals surface area contributed by atoms with Gasteiger partial charge in [-0.15, -0.1) is 0 Å². The van der Waals surface area contributed by atoms with Crippen LogP contribution in [0.1, 0.15) is 31.7 Å². The molecule has 0 bridgehead atoms. The van der Waals surface area contributed by atoms with Gasteiger partial charge in [0.1, 0.15) is 0 Å². The molecule has 31 heavy (non-hydrogen) atoms. The van der Waals surface area contributed by atoms with Crippen LogP contribution in [0.4, 0.5) is 5.82 Å². The molecule has 8 heteroatoms. The van der Waals surface area contributed by atoms with Crippen molar-refractivity contribution in [1.82, 2.24) is 19.5 Å². The van der Waals surface area contributed by atoms with Crippen LogP contribution in [0.3, 0.4) is 0 Å². The van der Waals surface area contributed by atoms with Crippen LogP contribution in [-0.2, 0) is 4.79 Å². The summed E-state index contributed by atoms with van der Waals surface area (Å²) in [4.78, 5) is 37.8. The zero-order chi connectivity index (χ0) is 21.2. The third-order valence-corrected chi connectivity index (χ3v) is 5.82. The second-order valence-corrected chi connectivity index (χ2v) is 7.73. The van der Waals surface area contributed by atoms with Crippen molar-refractivity contribution in [3.8, 4) is 11.3 Å². The summed E-state index contributed by atoms with van der Waals surface area (Å²) in [6.07, 6.45) is 9.28. The van der Waals surface area contributed by atoms with E-state index < -0.39 is 0 Å². The molecule has 1 amide bonds. The fourth-order valence-corrected chi connectivity index (χ4v) is 4.21. The predicted molar refractivity (Wildman–Crippen MR) is 115 cm³/mol. The maximum atomic E-state index is 12.7. The van der Waals surface area contributed by atoms with Gasteiger partial charge in [-0.25, -0.2) is 9.78 Å². The molecule has 4 aromatic rings. The minimum absolute atomic E-state index is 0.0187. The summed E-state index contributed by atoms with van der Waals surface area (Å²) in [7, 11) is 0. The summed E-state index contributed by atoms with van der Waals surface area (Å²) in [6.45, 7) is 0. The molecule has 156 valence electrons. The molecule has 0 saturated heterocycles. The Labute approximate surface area is 178 Å². The molecule has 1 N–H and O–H groups in total. The van der Waals surface area contributed by atoms with Crippen molar-refractivity contribution >= 4 is 22.8 Å². The Morgan fingerprint density at radius 3 is 2.55 bits per heavy atom. The number of nitrogens with zero attached hydrogens (tertiary/aromatic N) is 4. The van der Waals surface area contributed by atoms with Crippen LogP contribution in [0.15, 0.2) is 70.4 Å². The number of pyridine rings is 1. The third kappa shape index (κ3) is 3.84. The van der Waals surface area contributed by atoms with Crippen LogP contribution in [0, 0.1) is 5.92 Å². The van der Waals surface area contributed by atoms with Crippen LogP contribution in [0.2, 0.25) is 0 Å². The van der Waals surface area contributed by atoms with E-state index in [1.807, 2.05) is 30.3 Å². The van der Waals surface area contributed by atoms with Crippen LogP contribution in [-0.4, -0.2) is 25.4 Å². The highest BCUT2D eigenvalue weighted by molar-refractivity contribution is 5.91. The van der Waals surface area contributed by atoms with Crippen LogP contribution in [0.5, 0.6) is 0 Å². The molecule has 1 aliphatic rings. The molecule has 1 aliphatic carbocycles. The molecule has 1 saturated carbocycles. The molecule has 1 fully saturated rings. The number of hydrogen-bond acceptors (Lipinski definition) is 6. The number of rotatable bonds is 4. The summed E-state index contributed by atoms with van der Waals surface area (Å²) in [6, 6.07) is 11.6. The van der Waals surface area contributed by atoms with E-state index in [1.165, 1.54) is 0 Å². The van der Waals surface area contributed by atoms with Gasteiger partial charge in [-0.1, -0.05) is 30.3 Å². The lowest BCUT2D eigenvalue weighted by atomic mass is 9.85. The van der Waals surface area contributed by atoms with E-state index in [9.17, 15) is 9.59 Å². The molecular formula is C23H21N5O3. The number of benzene rings is 1. The molecular weight excluding hydrogens is 394 g/mol. The molecule has 0 aliphatic heterocycles. The quantitative estimate of drug-likeness (QED) is 0.544. The highest BCUT2D eigenvalue weighted by Gasteiger charge is 2.29. The van der Waals surface area contributed by atoms with Crippen LogP contribution < -0.4 is 11.1 Å². The van der Waals surface area contributed by atoms with Gasteiger partial charge < -0.3 is 9.73 Å². The Kier molecular flexibility index (Phi) is 5.03. The lowest BCUT2D eigenvalue weighted by Gasteiger charge is -2.28. The van der Waals surface area contributed by atoms with Crippen LogP contribution >= 0.6 is 0 Å². The molecule has 1 aromatic carbocycles. The van der Waals surface area contributed by atoms with E-state index in [2.05, 4.69) is 20.3 Å². The van der Waals surface area contributed by atoms with Crippen molar-refractivity contribution in [2.24, 2.45) is 5.92 Å². The largest absolute Gasteiger partial charge is 0.420 e. The SMILES string of the molecule is O=C(Nc1cnc(-c2ccccc2)cn1)C1CCC(n2c(=O)oc3cnccc32)CC1. The maximum Gasteiger partial charge on any atom is 0.420 e. The van der Waals surface area contributed by atoms with Gasteiger partial charge in [-0.2, -0.15) is 0 Å². The highest BCUT2D eigenvalue weighted by atomic mass is 16.4. The smallest absolute Gasteiger partial charge is 0.406 e. The number of carbonyl (C=O) groups is 1. The fraction of sp³-hybridized carbons (Fsp3) is 0.261. The summed E-state index contributed by atoms with van der Waals surface area (Å²) in [5, 5.41) is 2.87. The molecule has 5 rings (SSSR count). The molecule has 8 nitrogen and oxygen atoms in total. The van der Waals surface area contributed by atoms with Gasteiger partial charge in [0.15, 0.2) is 11.4 Å². The van der Waals surface area contributed by atoms with E-state index in [1.54, 1.807) is 35.4 Å². The molecule has 0 unspecified atom stereocenters. The van der Waals surface area contributed by atoms with Crippen molar-refractivity contribution in [2.45, 2.75) is 31.7 Å². The average molecular weight is 415 g/mol. The molecule has 0 atom stereocenters. The van der Waals surface area contributed by atoms with Gasteiger partial charge in [0, 0.05) is 23.7 Å². The topological polar surface area (TPSA) is 103 Å². The molecule has 0 spiro atoms. The third-order valence-electron chi connectivity index (χ3n) is 5.82. The number of amides is 1. The predicted octanol–water partition coefficient (Wildman–Crippen LogP) is 3.82. The van der Waals surface area contributed by atoms with Gasteiger partial charge in [-0.05, 0) is 31.7 Å². The highest BCUT2D eigenvalue weighted by Crippen LogP contribution is 2.33. The number of hydrogen-bond donors (Lipinski definition) is 1. The molecule has 0 radical (unpaired) electrons. The van der Waals surface area contributed by atoms with Crippen LogP contribution in [0.25, 0.3) is 22.4 Å². The summed E-state index contributed by atoms with van der Waals surface area (Å²) < 4.78 is 6.99. The average Bonchev–Trinajstić information content (AvgIpc) is 3.16. The Morgan fingerprint density at radius 1 is 1.00 bits per heavy atom. The first kappa shape index (κ1) is 19.2. The van der Waals surface area contributed by atoms with Crippen molar-refractivity contribution in [2.75, 3.05) is 5.32 Å². The van der Waals surface area contributed by atoms with Crippen molar-refractivity contribution in [1.29, 1.82) is 0 Å². The van der Waals surface area contributed by atoms with Gasteiger partial charge >= 0.3 is 5.76 Å². The van der Waals surface area contributed by atoms with E-state index in [-0.39, 0.29) is 23.6 Å². The normalized spacial score (nSPS) is 18.7. The van der Waals surface area contributed by atoms with Gasteiger partial charge in [-0.3, -0.25) is 19.3 Å². The van der Waals surface area contributed by atoms with Gasteiger partial charge in [0.2, 0.25) is 5.91 Å². The second kappa shape index (κ2) is 8.14. The minimum atomic E-state index is -0.371. The maximum absolute atomic E-state index is 12.7. The summed E-state index contributed by atoms with van der Waals surface area (Å²) in [5.41, 5.74) is 2.97. The van der Waals surface area contributed by atoms with E-state index in [4.69, 9.17) is 4.42 Å². The Balaban J connectivity index is 1.22. The number of carbonyl (C=O) groups excluding carboxylic acids is 1. The van der Waals surface area contributed by atoms with E-state index in [0.29, 0.717) is 24.2 Å². The number of nitrogens with one attached hydrogen (secondary N) is 1. The summed E-state index contributed by atoms with van der Waals surface area (Å²) in [5.74, 6) is -0.114. The Morgan fingerprint density at radius 2 is 1.81 bits per heavy atom. The summed E-state index contributed by atoms with van der Waals surface area (Å²) >= 11 is 0.